The first-order chi connectivity index (χ1) is 9.56. The fourth-order valence-electron chi connectivity index (χ4n) is 1.98. The van der Waals surface area contributed by atoms with E-state index in [1.54, 1.807) is 13.8 Å². The normalized spacial score (nSPS) is 19.6. The third kappa shape index (κ3) is 3.80. The van der Waals surface area contributed by atoms with E-state index in [1.807, 2.05) is 0 Å². The van der Waals surface area contributed by atoms with Crippen molar-refractivity contribution >= 4 is 11.8 Å². The Morgan fingerprint density at radius 2 is 2.35 bits per heavy atom. The number of aryl methyl sites for hydroxylation is 1. The zero-order chi connectivity index (χ0) is 14.5. The molecule has 110 valence electrons. The van der Waals surface area contributed by atoms with E-state index in [-0.39, 0.29) is 17.7 Å². The summed E-state index contributed by atoms with van der Waals surface area (Å²) in [6.45, 7) is 4.54. The fourth-order valence-corrected chi connectivity index (χ4v) is 1.98. The summed E-state index contributed by atoms with van der Waals surface area (Å²) in [5.41, 5.74) is 0.168. The largest absolute Gasteiger partial charge is 0.376 e. The van der Waals surface area contributed by atoms with Crippen LogP contribution in [0.25, 0.3) is 0 Å². The average molecular weight is 281 g/mol. The summed E-state index contributed by atoms with van der Waals surface area (Å²) in [6.07, 6.45) is 2.07. The van der Waals surface area contributed by atoms with Crippen LogP contribution in [-0.2, 0) is 9.53 Å². The van der Waals surface area contributed by atoms with Crippen molar-refractivity contribution in [2.24, 2.45) is 0 Å². The van der Waals surface area contributed by atoms with E-state index in [2.05, 4.69) is 15.8 Å². The van der Waals surface area contributed by atoms with Crippen molar-refractivity contribution in [3.8, 4) is 0 Å². The number of ether oxygens (including phenoxy) is 1. The molecular formula is C13H19N3O4. The van der Waals surface area contributed by atoms with Gasteiger partial charge in [-0.1, -0.05) is 5.16 Å². The van der Waals surface area contributed by atoms with Crippen molar-refractivity contribution in [1.82, 2.24) is 15.8 Å². The molecule has 2 heterocycles. The molecule has 0 radical (unpaired) electrons. The van der Waals surface area contributed by atoms with Gasteiger partial charge in [-0.15, -0.1) is 0 Å². The zero-order valence-corrected chi connectivity index (χ0v) is 11.6. The zero-order valence-electron chi connectivity index (χ0n) is 11.6. The molecule has 1 aliphatic rings. The Balaban J connectivity index is 1.76. The minimum absolute atomic E-state index is 0.0834. The molecule has 0 aliphatic carbocycles. The summed E-state index contributed by atoms with van der Waals surface area (Å²) in [5.74, 6) is -0.124. The van der Waals surface area contributed by atoms with E-state index >= 15 is 0 Å². The van der Waals surface area contributed by atoms with Crippen molar-refractivity contribution in [2.75, 3.05) is 13.2 Å². The molecule has 1 aromatic heterocycles. The summed E-state index contributed by atoms with van der Waals surface area (Å²) >= 11 is 0. The van der Waals surface area contributed by atoms with Gasteiger partial charge in [0.15, 0.2) is 5.69 Å². The number of hydrogen-bond donors (Lipinski definition) is 2. The summed E-state index contributed by atoms with van der Waals surface area (Å²) in [4.78, 5) is 23.6. The fraction of sp³-hybridized carbons (Fsp3) is 0.615. The minimum Gasteiger partial charge on any atom is -0.376 e. The van der Waals surface area contributed by atoms with Gasteiger partial charge in [0.05, 0.1) is 6.10 Å². The molecule has 0 spiro atoms. The smallest absolute Gasteiger partial charge is 0.274 e. The summed E-state index contributed by atoms with van der Waals surface area (Å²) in [7, 11) is 0. The summed E-state index contributed by atoms with van der Waals surface area (Å²) < 4.78 is 10.2. The molecule has 2 amide bonds. The number of amides is 2. The molecule has 20 heavy (non-hydrogen) atoms. The molecular weight excluding hydrogens is 262 g/mol. The number of carbonyl (C=O) groups is 2. The number of carbonyl (C=O) groups excluding carboxylic acids is 2. The Bertz CT molecular complexity index is 480. The standard InChI is InChI=1S/C13H19N3O4/c1-8-6-11(16-20-8)13(18)15-9(2)12(17)14-7-10-4-3-5-19-10/h6,9-10H,3-5,7H2,1-2H3,(H,14,17)(H,15,18)/t9-,10+/m1/s1. The van der Waals surface area contributed by atoms with Crippen LogP contribution in [0, 0.1) is 6.92 Å². The molecule has 1 saturated heterocycles. The maximum absolute atomic E-state index is 11.8. The van der Waals surface area contributed by atoms with Crippen molar-refractivity contribution < 1.29 is 18.8 Å². The van der Waals surface area contributed by atoms with E-state index < -0.39 is 11.9 Å². The summed E-state index contributed by atoms with van der Waals surface area (Å²) in [6, 6.07) is 0.882. The van der Waals surface area contributed by atoms with Crippen LogP contribution < -0.4 is 10.6 Å². The molecule has 7 heteroatoms. The van der Waals surface area contributed by atoms with Gasteiger partial charge in [0, 0.05) is 19.2 Å². The third-order valence-corrected chi connectivity index (χ3v) is 3.13. The lowest BCUT2D eigenvalue weighted by molar-refractivity contribution is -0.123. The molecule has 0 unspecified atom stereocenters. The van der Waals surface area contributed by atoms with Gasteiger partial charge in [0.2, 0.25) is 5.91 Å². The van der Waals surface area contributed by atoms with Crippen LogP contribution in [0.1, 0.15) is 36.0 Å². The lowest BCUT2D eigenvalue weighted by atomic mass is 10.2. The van der Waals surface area contributed by atoms with Crippen LogP contribution in [0.3, 0.4) is 0 Å². The second-order valence-electron chi connectivity index (χ2n) is 4.90. The first kappa shape index (κ1) is 14.5. The van der Waals surface area contributed by atoms with Gasteiger partial charge in [-0.25, -0.2) is 0 Å². The monoisotopic (exact) mass is 281 g/mol. The molecule has 0 saturated carbocycles. The Labute approximate surface area is 117 Å². The number of nitrogens with zero attached hydrogens (tertiary/aromatic N) is 1. The Hall–Kier alpha value is -1.89. The van der Waals surface area contributed by atoms with Gasteiger partial charge in [-0.2, -0.15) is 0 Å². The number of hydrogen-bond acceptors (Lipinski definition) is 5. The second-order valence-corrected chi connectivity index (χ2v) is 4.90. The average Bonchev–Trinajstić information content (AvgIpc) is 3.06. The predicted molar refractivity (Wildman–Crippen MR) is 70.2 cm³/mol. The Morgan fingerprint density at radius 3 is 2.95 bits per heavy atom. The topological polar surface area (TPSA) is 93.5 Å². The third-order valence-electron chi connectivity index (χ3n) is 3.13. The highest BCUT2D eigenvalue weighted by atomic mass is 16.5. The van der Waals surface area contributed by atoms with E-state index in [9.17, 15) is 9.59 Å². The molecule has 7 nitrogen and oxygen atoms in total. The molecule has 1 fully saturated rings. The highest BCUT2D eigenvalue weighted by Crippen LogP contribution is 2.10. The van der Waals surface area contributed by atoms with Crippen LogP contribution in [0.2, 0.25) is 0 Å². The van der Waals surface area contributed by atoms with E-state index in [0.717, 1.165) is 19.4 Å². The van der Waals surface area contributed by atoms with Crippen molar-refractivity contribution in [1.29, 1.82) is 0 Å². The first-order valence-corrected chi connectivity index (χ1v) is 6.70. The lowest BCUT2D eigenvalue weighted by Crippen LogP contribution is -2.46. The quantitative estimate of drug-likeness (QED) is 0.814. The second kappa shape index (κ2) is 6.51. The van der Waals surface area contributed by atoms with Gasteiger partial charge >= 0.3 is 0 Å². The SMILES string of the molecule is Cc1cc(C(=O)N[C@H](C)C(=O)NC[C@@H]2CCCO2)no1. The van der Waals surface area contributed by atoms with Gasteiger partial charge in [0.25, 0.3) is 5.91 Å². The number of nitrogens with one attached hydrogen (secondary N) is 2. The molecule has 2 atom stereocenters. The first-order valence-electron chi connectivity index (χ1n) is 6.70. The highest BCUT2D eigenvalue weighted by Gasteiger charge is 2.21. The van der Waals surface area contributed by atoms with Crippen molar-refractivity contribution in [2.45, 2.75) is 38.8 Å². The van der Waals surface area contributed by atoms with Crippen molar-refractivity contribution in [3.63, 3.8) is 0 Å². The molecule has 0 aromatic carbocycles. The van der Waals surface area contributed by atoms with Crippen LogP contribution in [0.15, 0.2) is 10.6 Å². The molecule has 1 aliphatic heterocycles. The van der Waals surface area contributed by atoms with Crippen LogP contribution in [0.5, 0.6) is 0 Å². The van der Waals surface area contributed by atoms with Crippen LogP contribution in [-0.4, -0.2) is 42.3 Å². The van der Waals surface area contributed by atoms with E-state index in [4.69, 9.17) is 9.26 Å². The van der Waals surface area contributed by atoms with Gasteiger partial charge in [-0.3, -0.25) is 9.59 Å². The number of rotatable bonds is 5. The predicted octanol–water partition coefficient (Wildman–Crippen LogP) is 0.397. The summed E-state index contributed by atoms with van der Waals surface area (Å²) in [5, 5.41) is 8.93. The van der Waals surface area contributed by atoms with Crippen LogP contribution in [0.4, 0.5) is 0 Å². The number of aromatic nitrogens is 1. The molecule has 2 rings (SSSR count). The van der Waals surface area contributed by atoms with Gasteiger partial charge in [0.1, 0.15) is 11.8 Å². The molecule has 2 N–H and O–H groups in total. The Kier molecular flexibility index (Phi) is 4.73. The van der Waals surface area contributed by atoms with E-state index in [0.29, 0.717) is 12.3 Å². The minimum atomic E-state index is -0.638. The Morgan fingerprint density at radius 1 is 1.55 bits per heavy atom. The van der Waals surface area contributed by atoms with Crippen LogP contribution >= 0.6 is 0 Å². The van der Waals surface area contributed by atoms with Crippen molar-refractivity contribution in [3.05, 3.63) is 17.5 Å². The van der Waals surface area contributed by atoms with E-state index in [1.165, 1.54) is 6.07 Å². The highest BCUT2D eigenvalue weighted by molar-refractivity contribution is 5.95. The molecule has 1 aromatic rings. The van der Waals surface area contributed by atoms with Gasteiger partial charge in [-0.05, 0) is 26.7 Å². The van der Waals surface area contributed by atoms with Gasteiger partial charge < -0.3 is 19.9 Å². The lowest BCUT2D eigenvalue weighted by Gasteiger charge is -2.15. The maximum atomic E-state index is 11.8. The molecule has 0 bridgehead atoms. The maximum Gasteiger partial charge on any atom is 0.274 e.